The smallest absolute Gasteiger partial charge is 0.313 e. The molecule has 0 saturated carbocycles. The van der Waals surface area contributed by atoms with Gasteiger partial charge in [0.25, 0.3) is 0 Å². The van der Waals surface area contributed by atoms with Crippen molar-refractivity contribution in [3.05, 3.63) is 22.9 Å². The van der Waals surface area contributed by atoms with Gasteiger partial charge in [0, 0.05) is 24.2 Å². The number of nitrogens with one attached hydrogen (secondary N) is 1. The molecule has 12 heavy (non-hydrogen) atoms. The predicted molar refractivity (Wildman–Crippen MR) is 52.6 cm³/mol. The highest BCUT2D eigenvalue weighted by molar-refractivity contribution is 7.99. The third-order valence-corrected chi connectivity index (χ3v) is 2.94. The minimum absolute atomic E-state index is 0.0108. The molecule has 1 heterocycles. The van der Waals surface area contributed by atoms with Crippen molar-refractivity contribution in [3.63, 3.8) is 0 Å². The fourth-order valence-corrected chi connectivity index (χ4v) is 1.31. The maximum Gasteiger partial charge on any atom is 0.325 e. The van der Waals surface area contributed by atoms with Crippen molar-refractivity contribution < 1.29 is 0 Å². The molecule has 68 valence electrons. The molecule has 0 bridgehead atoms. The molecule has 1 unspecified atom stereocenters. The van der Waals surface area contributed by atoms with E-state index in [2.05, 4.69) is 18.2 Å². The van der Waals surface area contributed by atoms with Crippen LogP contribution in [0.2, 0.25) is 0 Å². The average molecular weight is 186 g/mol. The molecular weight excluding hydrogens is 172 g/mol. The highest BCUT2D eigenvalue weighted by Crippen LogP contribution is 2.09. The number of nitrogens with zero attached hydrogens (tertiary/aromatic N) is 1. The second kappa shape index (κ2) is 4.40. The van der Waals surface area contributed by atoms with Gasteiger partial charge in [0.15, 0.2) is 0 Å². The molecule has 0 aliphatic heterocycles. The van der Waals surface area contributed by atoms with Crippen LogP contribution in [0.25, 0.3) is 0 Å². The minimum atomic E-state index is -0.0108. The lowest BCUT2D eigenvalue weighted by molar-refractivity contribution is 0.623. The highest BCUT2D eigenvalue weighted by atomic mass is 32.2. The maximum atomic E-state index is 11.0. The molecule has 0 radical (unpaired) electrons. The van der Waals surface area contributed by atoms with Gasteiger partial charge in [0.2, 0.25) is 0 Å². The van der Waals surface area contributed by atoms with E-state index >= 15 is 0 Å². The third kappa shape index (κ3) is 2.44. The van der Waals surface area contributed by atoms with E-state index < -0.39 is 0 Å². The Hall–Kier alpha value is -0.640. The van der Waals surface area contributed by atoms with Gasteiger partial charge in [-0.2, -0.15) is 11.8 Å². The number of aromatic nitrogens is 2. The second-order valence-electron chi connectivity index (χ2n) is 2.79. The van der Waals surface area contributed by atoms with Gasteiger partial charge in [0.1, 0.15) is 0 Å². The molecule has 1 aromatic rings. The summed E-state index contributed by atoms with van der Waals surface area (Å²) in [5.74, 6) is 0. The van der Waals surface area contributed by atoms with Gasteiger partial charge in [-0.25, -0.2) is 4.79 Å². The molecule has 0 spiro atoms. The summed E-state index contributed by atoms with van der Waals surface area (Å²) < 4.78 is 1.70. The van der Waals surface area contributed by atoms with E-state index in [0.29, 0.717) is 5.25 Å². The normalized spacial score (nSPS) is 13.2. The lowest BCUT2D eigenvalue weighted by Crippen LogP contribution is -2.17. The molecule has 0 aliphatic carbocycles. The van der Waals surface area contributed by atoms with Crippen LogP contribution in [0.3, 0.4) is 0 Å². The van der Waals surface area contributed by atoms with Crippen LogP contribution >= 0.6 is 11.8 Å². The van der Waals surface area contributed by atoms with Gasteiger partial charge < -0.3 is 4.98 Å². The summed E-state index contributed by atoms with van der Waals surface area (Å²) in [6.45, 7) is 2.98. The zero-order chi connectivity index (χ0) is 8.97. The summed E-state index contributed by atoms with van der Waals surface area (Å²) >= 11 is 1.83. The first kappa shape index (κ1) is 9.45. The second-order valence-corrected chi connectivity index (χ2v) is 4.07. The largest absolute Gasteiger partial charge is 0.325 e. The SMILES string of the molecule is CSC(C)CCn1cc[nH]c1=O. The van der Waals surface area contributed by atoms with Crippen molar-refractivity contribution in [2.75, 3.05) is 6.26 Å². The van der Waals surface area contributed by atoms with Crippen LogP contribution < -0.4 is 5.69 Å². The molecule has 1 atom stereocenters. The van der Waals surface area contributed by atoms with Crippen molar-refractivity contribution in [1.29, 1.82) is 0 Å². The summed E-state index contributed by atoms with van der Waals surface area (Å²) in [6.07, 6.45) is 6.59. The van der Waals surface area contributed by atoms with Crippen LogP contribution in [0.5, 0.6) is 0 Å². The van der Waals surface area contributed by atoms with E-state index in [1.807, 2.05) is 11.8 Å². The van der Waals surface area contributed by atoms with E-state index in [1.165, 1.54) is 0 Å². The van der Waals surface area contributed by atoms with Crippen LogP contribution in [0.15, 0.2) is 17.2 Å². The van der Waals surface area contributed by atoms with Crippen LogP contribution in [-0.4, -0.2) is 21.1 Å². The van der Waals surface area contributed by atoms with Gasteiger partial charge in [-0.3, -0.25) is 4.57 Å². The summed E-state index contributed by atoms with van der Waals surface area (Å²) in [5.41, 5.74) is -0.0108. The van der Waals surface area contributed by atoms with Gasteiger partial charge in [0.05, 0.1) is 0 Å². The third-order valence-electron chi connectivity index (χ3n) is 1.90. The van der Waals surface area contributed by atoms with Crippen LogP contribution in [0.4, 0.5) is 0 Å². The molecule has 0 amide bonds. The van der Waals surface area contributed by atoms with Crippen molar-refractivity contribution >= 4 is 11.8 Å². The maximum absolute atomic E-state index is 11.0. The van der Waals surface area contributed by atoms with Crippen LogP contribution in [-0.2, 0) is 6.54 Å². The molecule has 0 fully saturated rings. The molecule has 1 aromatic heterocycles. The van der Waals surface area contributed by atoms with Crippen molar-refractivity contribution in [2.45, 2.75) is 25.1 Å². The van der Waals surface area contributed by atoms with E-state index in [4.69, 9.17) is 0 Å². The molecule has 1 N–H and O–H groups in total. The number of H-pyrrole nitrogens is 1. The molecule has 0 aliphatic rings. The number of hydrogen-bond acceptors (Lipinski definition) is 2. The van der Waals surface area contributed by atoms with E-state index in [9.17, 15) is 4.79 Å². The Bertz CT molecular complexity index is 279. The molecule has 3 nitrogen and oxygen atoms in total. The van der Waals surface area contributed by atoms with Crippen molar-refractivity contribution in [3.8, 4) is 0 Å². The van der Waals surface area contributed by atoms with Gasteiger partial charge in [-0.1, -0.05) is 6.92 Å². The van der Waals surface area contributed by atoms with E-state index in [0.717, 1.165) is 13.0 Å². The first-order chi connectivity index (χ1) is 5.74. The Balaban J connectivity index is 2.43. The average Bonchev–Trinajstić information content (AvgIpc) is 2.47. The predicted octanol–water partition coefficient (Wildman–Crippen LogP) is 1.32. The monoisotopic (exact) mass is 186 g/mol. The Labute approximate surface area is 76.2 Å². The Morgan fingerprint density at radius 1 is 1.75 bits per heavy atom. The number of thioether (sulfide) groups is 1. The van der Waals surface area contributed by atoms with Gasteiger partial charge >= 0.3 is 5.69 Å². The Morgan fingerprint density at radius 3 is 3.00 bits per heavy atom. The Kier molecular flexibility index (Phi) is 3.47. The van der Waals surface area contributed by atoms with Crippen molar-refractivity contribution in [2.24, 2.45) is 0 Å². The molecule has 4 heteroatoms. The molecule has 0 saturated heterocycles. The summed E-state index contributed by atoms with van der Waals surface area (Å²) in [5, 5.41) is 0.617. The number of aromatic amines is 1. The number of aryl methyl sites for hydroxylation is 1. The summed E-state index contributed by atoms with van der Waals surface area (Å²) in [6, 6.07) is 0. The molecule has 0 aromatic carbocycles. The van der Waals surface area contributed by atoms with Gasteiger partial charge in [-0.15, -0.1) is 0 Å². The lowest BCUT2D eigenvalue weighted by Gasteiger charge is -2.06. The molecular formula is C8H14N2OS. The summed E-state index contributed by atoms with van der Waals surface area (Å²) in [7, 11) is 0. The van der Waals surface area contributed by atoms with E-state index in [1.54, 1.807) is 17.0 Å². The van der Waals surface area contributed by atoms with Crippen molar-refractivity contribution in [1.82, 2.24) is 9.55 Å². The fourth-order valence-electron chi connectivity index (χ4n) is 0.964. The first-order valence-electron chi connectivity index (χ1n) is 4.00. The fraction of sp³-hybridized carbons (Fsp3) is 0.625. The highest BCUT2D eigenvalue weighted by Gasteiger charge is 2.00. The van der Waals surface area contributed by atoms with Crippen LogP contribution in [0.1, 0.15) is 13.3 Å². The van der Waals surface area contributed by atoms with Crippen LogP contribution in [0, 0.1) is 0 Å². The first-order valence-corrected chi connectivity index (χ1v) is 5.29. The minimum Gasteiger partial charge on any atom is -0.313 e. The zero-order valence-electron chi connectivity index (χ0n) is 7.41. The number of rotatable bonds is 4. The zero-order valence-corrected chi connectivity index (χ0v) is 8.23. The topological polar surface area (TPSA) is 37.8 Å². The number of hydrogen-bond donors (Lipinski definition) is 1. The molecule has 1 rings (SSSR count). The van der Waals surface area contributed by atoms with Gasteiger partial charge in [-0.05, 0) is 12.7 Å². The summed E-state index contributed by atoms with van der Waals surface area (Å²) in [4.78, 5) is 13.6. The number of imidazole rings is 1. The Morgan fingerprint density at radius 2 is 2.50 bits per heavy atom. The quantitative estimate of drug-likeness (QED) is 0.770. The van der Waals surface area contributed by atoms with E-state index in [-0.39, 0.29) is 5.69 Å². The lowest BCUT2D eigenvalue weighted by atomic mass is 10.3. The standard InChI is InChI=1S/C8H14N2OS/c1-7(12-2)3-5-10-6-4-9-8(10)11/h4,6-7H,3,5H2,1-2H3,(H,9,11).